The van der Waals surface area contributed by atoms with Crippen LogP contribution in [0.4, 0.5) is 5.69 Å². The van der Waals surface area contributed by atoms with E-state index in [2.05, 4.69) is 17.4 Å². The van der Waals surface area contributed by atoms with Crippen LogP contribution in [0.5, 0.6) is 17.2 Å². The third kappa shape index (κ3) is 12.0. The lowest BCUT2D eigenvalue weighted by Crippen LogP contribution is -2.22. The normalized spacial score (nSPS) is 10.6. The molecule has 0 aromatic heterocycles. The number of anilines is 1. The van der Waals surface area contributed by atoms with Crippen molar-refractivity contribution in [1.82, 2.24) is 4.90 Å². The molecule has 2 aromatic rings. The number of carbonyl (C=O) groups excluding carboxylic acids is 2. The molecule has 2 aromatic carbocycles. The molecule has 40 heavy (non-hydrogen) atoms. The summed E-state index contributed by atoms with van der Waals surface area (Å²) in [5, 5.41) is 12.1. The van der Waals surface area contributed by atoms with E-state index in [-0.39, 0.29) is 37.5 Å². The summed E-state index contributed by atoms with van der Waals surface area (Å²) in [6, 6.07) is 11.6. The van der Waals surface area contributed by atoms with Gasteiger partial charge in [-0.3, -0.25) is 14.4 Å². The molecule has 9 nitrogen and oxygen atoms in total. The second-order valence-electron chi connectivity index (χ2n) is 9.79. The number of ether oxygens (including phenoxy) is 2. The Kier molecular flexibility index (Phi) is 15.2. The quantitative estimate of drug-likeness (QED) is 0.135. The summed E-state index contributed by atoms with van der Waals surface area (Å²) in [7, 11) is 5.03. The fourth-order valence-corrected chi connectivity index (χ4v) is 4.68. The Morgan fingerprint density at radius 1 is 0.875 bits per heavy atom. The van der Waals surface area contributed by atoms with Crippen LogP contribution in [0.15, 0.2) is 36.4 Å². The molecule has 0 unspecified atom stereocenters. The maximum atomic E-state index is 12.5. The van der Waals surface area contributed by atoms with E-state index in [1.807, 2.05) is 12.1 Å². The minimum absolute atomic E-state index is 0.0323. The van der Waals surface area contributed by atoms with Gasteiger partial charge in [0, 0.05) is 38.9 Å². The molecular formula is C30H41IN2O7. The zero-order chi connectivity index (χ0) is 29.3. The minimum atomic E-state index is -0.931. The summed E-state index contributed by atoms with van der Waals surface area (Å²) in [4.78, 5) is 37.0. The highest BCUT2D eigenvalue weighted by Gasteiger charge is 2.19. The first-order chi connectivity index (χ1) is 19.2. The summed E-state index contributed by atoms with van der Waals surface area (Å²) in [6.45, 7) is 0.505. The van der Waals surface area contributed by atoms with Crippen LogP contribution in [-0.4, -0.2) is 55.6 Å². The van der Waals surface area contributed by atoms with E-state index in [4.69, 9.17) is 12.5 Å². The number of carbonyl (C=O) groups is 3. The number of benzene rings is 2. The third-order valence-electron chi connectivity index (χ3n) is 6.48. The average Bonchev–Trinajstić information content (AvgIpc) is 2.93. The van der Waals surface area contributed by atoms with Crippen LogP contribution in [0.25, 0.3) is 0 Å². The van der Waals surface area contributed by atoms with E-state index in [0.29, 0.717) is 35.8 Å². The fraction of sp³-hybridized carbons (Fsp3) is 0.500. The van der Waals surface area contributed by atoms with Crippen LogP contribution in [0.3, 0.4) is 0 Å². The number of halogens is 1. The Morgan fingerprint density at radius 2 is 1.57 bits per heavy atom. The summed E-state index contributed by atoms with van der Waals surface area (Å²) >= 11 is 1.73. The number of methoxy groups -OCH3 is 1. The molecule has 0 aliphatic carbocycles. The predicted octanol–water partition coefficient (Wildman–Crippen LogP) is 6.21. The summed E-state index contributed by atoms with van der Waals surface area (Å²) < 4.78 is 16.8. The number of carboxylic acid groups (broad SMARTS) is 1. The molecule has 0 aliphatic rings. The van der Waals surface area contributed by atoms with Gasteiger partial charge in [-0.1, -0.05) is 31.4 Å². The Morgan fingerprint density at radius 3 is 2.23 bits per heavy atom. The van der Waals surface area contributed by atoms with E-state index in [1.165, 1.54) is 10.5 Å². The van der Waals surface area contributed by atoms with Crippen molar-refractivity contribution in [3.8, 4) is 17.2 Å². The molecule has 220 valence electrons. The Bertz CT molecular complexity index is 1090. The van der Waals surface area contributed by atoms with E-state index in [9.17, 15) is 19.5 Å². The van der Waals surface area contributed by atoms with Gasteiger partial charge >= 0.3 is 5.97 Å². The van der Waals surface area contributed by atoms with Crippen molar-refractivity contribution < 1.29 is 32.0 Å². The van der Waals surface area contributed by atoms with Gasteiger partial charge in [0.25, 0.3) is 0 Å². The largest absolute Gasteiger partial charge is 0.497 e. The smallest absolute Gasteiger partial charge is 0.303 e. The van der Waals surface area contributed by atoms with Crippen LogP contribution in [-0.2, 0) is 27.2 Å². The Balaban J connectivity index is 1.86. The zero-order valence-corrected chi connectivity index (χ0v) is 25.8. The molecule has 2 N–H and O–H groups in total. The lowest BCUT2D eigenvalue weighted by Gasteiger charge is -2.17. The van der Waals surface area contributed by atoms with Gasteiger partial charge in [0.1, 0.15) is 11.5 Å². The van der Waals surface area contributed by atoms with Crippen molar-refractivity contribution in [1.29, 1.82) is 0 Å². The second-order valence-corrected chi connectivity index (χ2v) is 10.2. The number of aryl methyl sites for hydroxylation is 1. The minimum Gasteiger partial charge on any atom is -0.497 e. The number of nitrogens with zero attached hydrogens (tertiary/aromatic N) is 1. The van der Waals surface area contributed by atoms with Gasteiger partial charge in [-0.25, -0.2) is 0 Å². The summed E-state index contributed by atoms with van der Waals surface area (Å²) in [5.41, 5.74) is 2.37. The van der Waals surface area contributed by atoms with Gasteiger partial charge in [0.05, 0.1) is 19.4 Å². The van der Waals surface area contributed by atoms with Crippen molar-refractivity contribution in [2.75, 3.05) is 33.1 Å². The molecule has 0 bridgehead atoms. The van der Waals surface area contributed by atoms with E-state index >= 15 is 0 Å². The average molecular weight is 669 g/mol. The molecule has 0 heterocycles. The molecule has 2 rings (SSSR count). The standard InChI is InChI=1S/C30H41IN2O7/c1-33(2)28(35)12-9-11-27(34)32-25-18-19-26(24(30(25)40-31)17-20-29(36)37)39-21-8-6-4-5-7-10-22-13-15-23(38-3)16-14-22/h13-16,18-19H,4-12,17,20-21H2,1-3H3,(H,32,34)(H,36,37). The highest BCUT2D eigenvalue weighted by atomic mass is 127. The highest BCUT2D eigenvalue weighted by molar-refractivity contribution is 14.1. The fourth-order valence-electron chi connectivity index (χ4n) is 4.17. The molecule has 0 atom stereocenters. The lowest BCUT2D eigenvalue weighted by molar-refractivity contribution is -0.137. The molecule has 2 amide bonds. The van der Waals surface area contributed by atoms with Gasteiger partial charge in [0.2, 0.25) is 11.8 Å². The molecule has 0 fully saturated rings. The second kappa shape index (κ2) is 18.4. The van der Waals surface area contributed by atoms with E-state index in [0.717, 1.165) is 44.3 Å². The molecular weight excluding hydrogens is 627 g/mol. The van der Waals surface area contributed by atoms with Crippen molar-refractivity contribution in [2.45, 2.75) is 70.6 Å². The van der Waals surface area contributed by atoms with Gasteiger partial charge in [-0.15, -0.1) is 0 Å². The van der Waals surface area contributed by atoms with Crippen molar-refractivity contribution in [2.24, 2.45) is 0 Å². The van der Waals surface area contributed by atoms with Crippen molar-refractivity contribution in [3.05, 3.63) is 47.5 Å². The molecule has 0 spiro atoms. The van der Waals surface area contributed by atoms with Gasteiger partial charge in [-0.2, -0.15) is 0 Å². The third-order valence-corrected chi connectivity index (χ3v) is 6.92. The summed E-state index contributed by atoms with van der Waals surface area (Å²) in [6.07, 6.45) is 7.34. The highest BCUT2D eigenvalue weighted by Crippen LogP contribution is 2.38. The molecule has 0 saturated carbocycles. The van der Waals surface area contributed by atoms with E-state index in [1.54, 1.807) is 56.3 Å². The van der Waals surface area contributed by atoms with Crippen LogP contribution in [0, 0.1) is 0 Å². The number of hydrogen-bond donors (Lipinski definition) is 2. The number of aliphatic carboxylic acids is 1. The number of hydrogen-bond acceptors (Lipinski definition) is 6. The molecule has 0 saturated heterocycles. The van der Waals surface area contributed by atoms with Gasteiger partial charge in [0.15, 0.2) is 28.8 Å². The zero-order valence-electron chi connectivity index (χ0n) is 23.7. The van der Waals surface area contributed by atoms with Crippen LogP contribution in [0.1, 0.15) is 68.9 Å². The topological polar surface area (TPSA) is 114 Å². The van der Waals surface area contributed by atoms with Crippen LogP contribution >= 0.6 is 23.0 Å². The molecule has 0 radical (unpaired) electrons. The number of nitrogens with one attached hydrogen (secondary N) is 1. The molecule has 0 aliphatic heterocycles. The van der Waals surface area contributed by atoms with Crippen molar-refractivity contribution in [3.63, 3.8) is 0 Å². The maximum absolute atomic E-state index is 12.5. The van der Waals surface area contributed by atoms with E-state index < -0.39 is 5.97 Å². The summed E-state index contributed by atoms with van der Waals surface area (Å²) in [5.74, 6) is 0.607. The van der Waals surface area contributed by atoms with Gasteiger partial charge < -0.3 is 27.9 Å². The number of rotatable bonds is 19. The van der Waals surface area contributed by atoms with Crippen LogP contribution < -0.4 is 17.9 Å². The van der Waals surface area contributed by atoms with Gasteiger partial charge in [-0.05, 0) is 61.9 Å². The number of unbranched alkanes of at least 4 members (excludes halogenated alkanes) is 4. The maximum Gasteiger partial charge on any atom is 0.303 e. The predicted molar refractivity (Wildman–Crippen MR) is 163 cm³/mol. The monoisotopic (exact) mass is 668 g/mol. The lowest BCUT2D eigenvalue weighted by atomic mass is 10.0. The Labute approximate surface area is 251 Å². The first-order valence-corrected chi connectivity index (χ1v) is 14.5. The first-order valence-electron chi connectivity index (χ1n) is 13.7. The van der Waals surface area contributed by atoms with Crippen LogP contribution in [0.2, 0.25) is 0 Å². The first kappa shape index (κ1) is 33.2. The number of amides is 2. The number of carboxylic acids is 1. The SMILES string of the molecule is COc1ccc(CCCCCCCOc2ccc(NC(=O)CCCC(=O)N(C)C)c(OI)c2CCC(=O)O)cc1. The molecule has 10 heteroatoms. The Hall–Kier alpha value is -3.02. The van der Waals surface area contributed by atoms with Crippen molar-refractivity contribution >= 4 is 46.5 Å².